The van der Waals surface area contributed by atoms with Crippen molar-refractivity contribution in [1.82, 2.24) is 0 Å². The van der Waals surface area contributed by atoms with Crippen LogP contribution in [0.25, 0.3) is 28.4 Å². The van der Waals surface area contributed by atoms with Crippen molar-refractivity contribution < 1.29 is 118 Å². The van der Waals surface area contributed by atoms with E-state index in [-0.39, 0.29) is 34.3 Å². The number of hydrogen-bond donors (Lipinski definition) is 13. The molecule has 376 valence electrons. The summed E-state index contributed by atoms with van der Waals surface area (Å²) >= 11 is 0. The fraction of sp³-hybridized carbons (Fsp3) is 0.455. The van der Waals surface area contributed by atoms with E-state index < -0.39 is 152 Å². The standard InChI is InChI=1S/C44H50O25/c1-60-22-9-16(10-23(61-2)29(22)51)3-8-27(50)67-39-26(15-47)66-43(37(59)35(39)57)69-41-34(56)31(53)25(14-46)65-44(41)68-40-32(54)28-20(49)11-19(62-42-36(58)33(55)30(52)24(13-45)64-42)12-21(28)63-38(40)17-4-6-18(48)7-5-17/h3-12,24-26,30-31,33-37,39,41-49,51-53,55-59H,13-15H2,1-2H3/b8-3+/t24-,25-,26-,30-,31-,33+,34+,35-,36-,37-,39-,41-,42-,43+,44+/m1/s1. The minimum absolute atomic E-state index is 0.0191. The number of aromatic hydroxyl groups is 3. The van der Waals surface area contributed by atoms with Gasteiger partial charge in [0.2, 0.25) is 29.5 Å². The van der Waals surface area contributed by atoms with Crippen molar-refractivity contribution in [3.05, 3.63) is 70.4 Å². The Morgan fingerprint density at radius 3 is 1.83 bits per heavy atom. The number of aliphatic hydroxyl groups is 10. The minimum Gasteiger partial charge on any atom is -0.508 e. The molecule has 0 aliphatic carbocycles. The highest BCUT2D eigenvalue weighted by Crippen LogP contribution is 2.40. The van der Waals surface area contributed by atoms with Crippen LogP contribution in [0.5, 0.6) is 40.2 Å². The quantitative estimate of drug-likeness (QED) is 0.0418. The summed E-state index contributed by atoms with van der Waals surface area (Å²) in [6, 6.07) is 9.71. The monoisotopic (exact) mass is 978 g/mol. The molecule has 69 heavy (non-hydrogen) atoms. The fourth-order valence-corrected chi connectivity index (χ4v) is 7.76. The average Bonchev–Trinajstić information content (AvgIpc) is 3.33. The summed E-state index contributed by atoms with van der Waals surface area (Å²) in [5.41, 5.74) is -1.19. The van der Waals surface area contributed by atoms with E-state index in [1.54, 1.807) is 0 Å². The number of phenolic OH excluding ortho intramolecular Hbond substituents is 3. The van der Waals surface area contributed by atoms with Gasteiger partial charge in [-0.3, -0.25) is 4.79 Å². The second-order valence-electron chi connectivity index (χ2n) is 15.9. The fourth-order valence-electron chi connectivity index (χ4n) is 7.76. The van der Waals surface area contributed by atoms with Crippen molar-refractivity contribution in [3.8, 4) is 51.6 Å². The number of esters is 1. The highest BCUT2D eigenvalue weighted by molar-refractivity contribution is 5.89. The summed E-state index contributed by atoms with van der Waals surface area (Å²) in [6.45, 7) is -2.67. The lowest BCUT2D eigenvalue weighted by molar-refractivity contribution is -0.358. The van der Waals surface area contributed by atoms with Gasteiger partial charge in [-0.1, -0.05) is 0 Å². The molecule has 4 aromatic rings. The van der Waals surface area contributed by atoms with Crippen molar-refractivity contribution in [2.45, 2.75) is 92.1 Å². The predicted octanol–water partition coefficient (Wildman–Crippen LogP) is -2.96. The van der Waals surface area contributed by atoms with Crippen molar-refractivity contribution in [2.75, 3.05) is 34.0 Å². The predicted molar refractivity (Wildman–Crippen MR) is 227 cm³/mol. The third-order valence-electron chi connectivity index (χ3n) is 11.5. The molecule has 3 fully saturated rings. The first-order chi connectivity index (χ1) is 32.9. The lowest BCUT2D eigenvalue weighted by Gasteiger charge is -2.46. The number of carbonyl (C=O) groups is 1. The molecular weight excluding hydrogens is 928 g/mol. The molecule has 3 aromatic carbocycles. The maximum atomic E-state index is 14.5. The van der Waals surface area contributed by atoms with Crippen LogP contribution in [0.3, 0.4) is 0 Å². The third-order valence-corrected chi connectivity index (χ3v) is 11.5. The number of ether oxygens (including phenoxy) is 9. The summed E-state index contributed by atoms with van der Waals surface area (Å²) < 4.78 is 56.0. The van der Waals surface area contributed by atoms with Crippen LogP contribution in [-0.2, 0) is 28.5 Å². The van der Waals surface area contributed by atoms with Crippen molar-refractivity contribution in [1.29, 1.82) is 0 Å². The zero-order valence-electron chi connectivity index (χ0n) is 36.3. The van der Waals surface area contributed by atoms with Crippen LogP contribution in [0.1, 0.15) is 5.56 Å². The molecule has 1 aromatic heterocycles. The first kappa shape index (κ1) is 51.0. The van der Waals surface area contributed by atoms with Gasteiger partial charge in [-0.05, 0) is 48.0 Å². The third kappa shape index (κ3) is 10.4. The number of methoxy groups -OCH3 is 2. The van der Waals surface area contributed by atoms with Gasteiger partial charge in [0.1, 0.15) is 89.3 Å². The van der Waals surface area contributed by atoms with E-state index in [0.717, 1.165) is 18.2 Å². The van der Waals surface area contributed by atoms with Crippen LogP contribution < -0.4 is 24.4 Å². The maximum Gasteiger partial charge on any atom is 0.331 e. The zero-order chi connectivity index (χ0) is 50.0. The highest BCUT2D eigenvalue weighted by atomic mass is 16.8. The van der Waals surface area contributed by atoms with Gasteiger partial charge in [-0.15, -0.1) is 0 Å². The van der Waals surface area contributed by atoms with Gasteiger partial charge in [-0.2, -0.15) is 0 Å². The van der Waals surface area contributed by atoms with Crippen LogP contribution in [0.2, 0.25) is 0 Å². The summed E-state index contributed by atoms with van der Waals surface area (Å²) in [7, 11) is 2.59. The number of rotatable bonds is 15. The van der Waals surface area contributed by atoms with E-state index in [1.165, 1.54) is 56.7 Å². The van der Waals surface area contributed by atoms with E-state index >= 15 is 0 Å². The SMILES string of the molecule is COc1cc(/C=C/C(=O)O[C@H]2[C@H](O)[C@@H](O)[C@H](O[C@H]3[C@H](Oc4c(-c5ccc(O)cc5)oc5cc(O[C@@H]6O[C@H](CO)[C@@H](O)[C@H](O)[C@H]6O)cc(O)c5c4=O)O[C@H](CO)[C@@H](O)[C@@H]3O)O[C@@H]2CO)cc(OC)c1O. The molecule has 0 bridgehead atoms. The second kappa shape index (κ2) is 21.4. The number of fused-ring (bicyclic) bond motifs is 1. The molecule has 13 N–H and O–H groups in total. The van der Waals surface area contributed by atoms with Crippen molar-refractivity contribution in [2.24, 2.45) is 0 Å². The Balaban J connectivity index is 1.17. The molecule has 7 rings (SSSR count). The molecule has 3 saturated heterocycles. The summed E-state index contributed by atoms with van der Waals surface area (Å²) in [5.74, 6) is -3.92. The van der Waals surface area contributed by atoms with E-state index in [9.17, 15) is 76.0 Å². The van der Waals surface area contributed by atoms with Gasteiger partial charge in [0.25, 0.3) is 0 Å². The molecule has 3 aliphatic rings. The minimum atomic E-state index is -2.14. The van der Waals surface area contributed by atoms with Gasteiger partial charge in [0, 0.05) is 23.8 Å². The molecule has 0 saturated carbocycles. The molecule has 4 heterocycles. The number of hydrogen-bond acceptors (Lipinski definition) is 25. The van der Waals surface area contributed by atoms with Crippen LogP contribution in [0.4, 0.5) is 0 Å². The Morgan fingerprint density at radius 2 is 1.22 bits per heavy atom. The highest BCUT2D eigenvalue weighted by Gasteiger charge is 2.53. The number of aliphatic hydroxyl groups excluding tert-OH is 10. The normalized spacial score (nSPS) is 31.6. The van der Waals surface area contributed by atoms with Gasteiger partial charge >= 0.3 is 5.97 Å². The van der Waals surface area contributed by atoms with E-state index in [4.69, 9.17) is 47.0 Å². The summed E-state index contributed by atoms with van der Waals surface area (Å²) in [6.07, 6.45) is -25.7. The first-order valence-electron chi connectivity index (χ1n) is 20.9. The molecule has 0 amide bonds. The van der Waals surface area contributed by atoms with Crippen LogP contribution in [0.15, 0.2) is 63.8 Å². The topological polar surface area (TPSA) is 393 Å². The molecule has 0 unspecified atom stereocenters. The Bertz CT molecular complexity index is 2480. The lowest BCUT2D eigenvalue weighted by atomic mass is 9.97. The Kier molecular flexibility index (Phi) is 15.8. The first-order valence-corrected chi connectivity index (χ1v) is 20.9. The van der Waals surface area contributed by atoms with E-state index in [1.807, 2.05) is 0 Å². The number of carbonyl (C=O) groups excluding carboxylic acids is 1. The van der Waals surface area contributed by atoms with Gasteiger partial charge in [-0.25, -0.2) is 4.79 Å². The summed E-state index contributed by atoms with van der Waals surface area (Å²) in [5, 5.41) is 137. The van der Waals surface area contributed by atoms with Crippen LogP contribution in [-0.4, -0.2) is 199 Å². The van der Waals surface area contributed by atoms with E-state index in [0.29, 0.717) is 5.56 Å². The van der Waals surface area contributed by atoms with Gasteiger partial charge in [0.15, 0.2) is 35.8 Å². The maximum absolute atomic E-state index is 14.5. The zero-order valence-corrected chi connectivity index (χ0v) is 36.3. The second-order valence-corrected chi connectivity index (χ2v) is 15.9. The number of benzene rings is 3. The largest absolute Gasteiger partial charge is 0.508 e. The molecule has 25 heteroatoms. The molecule has 0 spiro atoms. The molecule has 3 aliphatic heterocycles. The smallest absolute Gasteiger partial charge is 0.331 e. The molecule has 0 radical (unpaired) electrons. The molecular formula is C44H50O25. The van der Waals surface area contributed by atoms with Crippen molar-refractivity contribution >= 4 is 23.0 Å². The van der Waals surface area contributed by atoms with Gasteiger partial charge < -0.3 is 113 Å². The number of phenols is 3. The molecule has 25 nitrogen and oxygen atoms in total. The Labute approximate surface area is 388 Å². The summed E-state index contributed by atoms with van der Waals surface area (Å²) in [4.78, 5) is 27.4. The van der Waals surface area contributed by atoms with Crippen molar-refractivity contribution in [3.63, 3.8) is 0 Å². The Hall–Kier alpha value is -5.88. The van der Waals surface area contributed by atoms with Gasteiger partial charge in [0.05, 0.1) is 34.0 Å². The van der Waals surface area contributed by atoms with Crippen LogP contribution in [0, 0.1) is 0 Å². The molecule has 15 atom stereocenters. The lowest BCUT2D eigenvalue weighted by Crippen LogP contribution is -2.65. The Morgan fingerprint density at radius 1 is 0.652 bits per heavy atom. The van der Waals surface area contributed by atoms with E-state index in [2.05, 4.69) is 0 Å². The average molecular weight is 979 g/mol. The van der Waals surface area contributed by atoms with Crippen LogP contribution >= 0.6 is 0 Å².